The van der Waals surface area contributed by atoms with Crippen LogP contribution >= 0.6 is 0 Å². The van der Waals surface area contributed by atoms with Crippen LogP contribution in [-0.2, 0) is 33.4 Å². The van der Waals surface area contributed by atoms with E-state index >= 15 is 4.79 Å². The van der Waals surface area contributed by atoms with Gasteiger partial charge in [0, 0.05) is 25.8 Å². The summed E-state index contributed by atoms with van der Waals surface area (Å²) in [6, 6.07) is 12.4. The Balaban J connectivity index is 1.56. The quantitative estimate of drug-likeness (QED) is 0.162. The monoisotopic (exact) mass is 729 g/mol. The highest BCUT2D eigenvalue weighted by Crippen LogP contribution is 2.59. The fraction of sp³-hybridized carbons (Fsp3) is 0.524. The van der Waals surface area contributed by atoms with Crippen LogP contribution in [0.1, 0.15) is 68.7 Å². The van der Waals surface area contributed by atoms with Gasteiger partial charge in [0.05, 0.1) is 43.2 Å². The number of nitrogens with one attached hydrogen (secondary N) is 1. The second-order valence-electron chi connectivity index (χ2n) is 15.0. The lowest BCUT2D eigenvalue weighted by Crippen LogP contribution is -2.59. The van der Waals surface area contributed by atoms with Crippen LogP contribution in [-0.4, -0.2) is 90.4 Å². The molecule has 53 heavy (non-hydrogen) atoms. The number of esters is 1. The van der Waals surface area contributed by atoms with Gasteiger partial charge in [0.25, 0.3) is 5.91 Å². The number of fused-ring (bicyclic) bond motifs is 1. The molecule has 8 atom stereocenters. The van der Waals surface area contributed by atoms with E-state index in [9.17, 15) is 19.5 Å². The normalized spacial score (nSPS) is 24.7. The first kappa shape index (κ1) is 39.9. The Kier molecular flexibility index (Phi) is 13.0. The number of benzene rings is 2. The van der Waals surface area contributed by atoms with E-state index in [1.165, 1.54) is 12.0 Å². The van der Waals surface area contributed by atoms with Crippen molar-refractivity contribution in [3.05, 3.63) is 90.5 Å². The van der Waals surface area contributed by atoms with Crippen LogP contribution < -0.4 is 10.2 Å². The van der Waals surface area contributed by atoms with E-state index in [1.54, 1.807) is 17.1 Å². The average Bonchev–Trinajstić information content (AvgIpc) is 3.78. The predicted molar refractivity (Wildman–Crippen MR) is 202 cm³/mol. The molecule has 3 saturated heterocycles. The van der Waals surface area contributed by atoms with E-state index < -0.39 is 59.6 Å². The van der Waals surface area contributed by atoms with Crippen molar-refractivity contribution in [3.8, 4) is 0 Å². The molecule has 286 valence electrons. The van der Waals surface area contributed by atoms with Crippen LogP contribution in [0.25, 0.3) is 0 Å². The Morgan fingerprint density at radius 3 is 2.40 bits per heavy atom. The number of rotatable bonds is 18. The molecule has 0 aliphatic carbocycles. The van der Waals surface area contributed by atoms with Crippen LogP contribution in [0, 0.1) is 31.6 Å². The fourth-order valence-corrected chi connectivity index (χ4v) is 8.78. The van der Waals surface area contributed by atoms with Crippen LogP contribution in [0.5, 0.6) is 0 Å². The lowest BCUT2D eigenvalue weighted by atomic mass is 9.70. The maximum Gasteiger partial charge on any atom is 0.313 e. The number of carbonyl (C=O) groups excluding carboxylic acids is 4. The van der Waals surface area contributed by atoms with Gasteiger partial charge in [-0.05, 0) is 62.1 Å². The maximum atomic E-state index is 15.2. The number of anilines is 1. The van der Waals surface area contributed by atoms with Crippen molar-refractivity contribution in [2.45, 2.75) is 95.7 Å². The number of para-hydroxylation sites is 1. The van der Waals surface area contributed by atoms with Gasteiger partial charge >= 0.3 is 5.97 Å². The molecule has 3 fully saturated rings. The van der Waals surface area contributed by atoms with E-state index in [1.807, 2.05) is 76.2 Å². The molecule has 0 aromatic heterocycles. The topological polar surface area (TPSA) is 135 Å². The van der Waals surface area contributed by atoms with Crippen molar-refractivity contribution in [2.75, 3.05) is 31.8 Å². The third-order valence-electron chi connectivity index (χ3n) is 10.9. The van der Waals surface area contributed by atoms with Gasteiger partial charge in [-0.15, -0.1) is 13.2 Å². The number of allylic oxidation sites excluding steroid dienone is 1. The second-order valence-corrected chi connectivity index (χ2v) is 15.0. The molecule has 0 saturated carbocycles. The predicted octanol–water partition coefficient (Wildman–Crippen LogP) is 4.99. The maximum absolute atomic E-state index is 15.2. The largest absolute Gasteiger partial charge is 0.455 e. The highest BCUT2D eigenvalue weighted by Gasteiger charge is 2.76. The second kappa shape index (κ2) is 17.2. The van der Waals surface area contributed by atoms with E-state index in [0.29, 0.717) is 31.2 Å². The molecule has 2 N–H and O–H groups in total. The standard InChI is InChI=1S/C42H55N3O8/c1-8-10-19-33(47)43-31(25-51-7)37(29-17-12-11-13-18-29)52-41(50)34-32-20-21-42(53-32)35(34)39(48)45(30(24-46)23-26(3)4)38(42)40(49)44(22-9-2)36-27(5)15-14-16-28(36)6/h8-9,11-18,26,30-32,34-35,37-38,46H,1-2,10,19-25H2,3-7H3,(H,43,47)/t30-,31-,32+,34-,35-,37-,38+,42-/m1/s1. The zero-order valence-corrected chi connectivity index (χ0v) is 31.7. The van der Waals surface area contributed by atoms with E-state index in [-0.39, 0.29) is 43.9 Å². The van der Waals surface area contributed by atoms with Gasteiger partial charge in [0.15, 0.2) is 0 Å². The van der Waals surface area contributed by atoms with E-state index in [4.69, 9.17) is 14.2 Å². The number of amides is 3. The third-order valence-corrected chi connectivity index (χ3v) is 10.9. The van der Waals surface area contributed by atoms with Gasteiger partial charge in [-0.1, -0.05) is 74.5 Å². The van der Waals surface area contributed by atoms with Crippen LogP contribution in [0.2, 0.25) is 0 Å². The van der Waals surface area contributed by atoms with Crippen LogP contribution in [0.3, 0.4) is 0 Å². The lowest BCUT2D eigenvalue weighted by Gasteiger charge is -2.40. The third kappa shape index (κ3) is 7.84. The van der Waals surface area contributed by atoms with Gasteiger partial charge < -0.3 is 34.4 Å². The Labute approximate surface area is 313 Å². The average molecular weight is 730 g/mol. The number of likely N-dealkylation sites (tertiary alicyclic amines) is 1. The first-order valence-electron chi connectivity index (χ1n) is 18.7. The van der Waals surface area contributed by atoms with Crippen molar-refractivity contribution < 1.29 is 38.5 Å². The molecule has 3 aliphatic rings. The minimum atomic E-state index is -1.32. The molecule has 1 spiro atoms. The number of aliphatic hydroxyl groups excluding tert-OH is 1. The molecule has 0 radical (unpaired) electrons. The number of methoxy groups -OCH3 is 1. The molecule has 3 heterocycles. The summed E-state index contributed by atoms with van der Waals surface area (Å²) in [4.78, 5) is 60.8. The number of aliphatic hydroxyl groups is 1. The van der Waals surface area contributed by atoms with E-state index in [2.05, 4.69) is 18.5 Å². The number of aryl methyl sites for hydroxylation is 2. The zero-order valence-electron chi connectivity index (χ0n) is 31.7. The number of nitrogens with zero attached hydrogens (tertiary/aromatic N) is 2. The molecule has 11 heteroatoms. The fourth-order valence-electron chi connectivity index (χ4n) is 8.78. The van der Waals surface area contributed by atoms with Gasteiger partial charge in [-0.2, -0.15) is 0 Å². The summed E-state index contributed by atoms with van der Waals surface area (Å²) in [7, 11) is 1.51. The zero-order chi connectivity index (χ0) is 38.4. The number of hydrogen-bond acceptors (Lipinski definition) is 8. The van der Waals surface area contributed by atoms with Gasteiger partial charge in [0.1, 0.15) is 17.7 Å². The summed E-state index contributed by atoms with van der Waals surface area (Å²) in [6.45, 7) is 15.4. The van der Waals surface area contributed by atoms with Crippen molar-refractivity contribution in [3.63, 3.8) is 0 Å². The minimum Gasteiger partial charge on any atom is -0.455 e. The lowest BCUT2D eigenvalue weighted by molar-refractivity contribution is -0.163. The molecule has 3 amide bonds. The highest BCUT2D eigenvalue weighted by atomic mass is 16.6. The number of ether oxygens (including phenoxy) is 3. The van der Waals surface area contributed by atoms with Gasteiger partial charge in [0.2, 0.25) is 11.8 Å². The Bertz CT molecular complexity index is 1640. The summed E-state index contributed by atoms with van der Waals surface area (Å²) in [6.07, 6.45) is 3.64. The van der Waals surface area contributed by atoms with Crippen molar-refractivity contribution in [2.24, 2.45) is 17.8 Å². The minimum absolute atomic E-state index is 0.0543. The van der Waals surface area contributed by atoms with Crippen molar-refractivity contribution in [1.82, 2.24) is 10.2 Å². The Hall–Kier alpha value is -4.32. The molecule has 2 aromatic rings. The molecule has 5 rings (SSSR count). The van der Waals surface area contributed by atoms with Gasteiger partial charge in [-0.3, -0.25) is 19.2 Å². The molecule has 2 bridgehead atoms. The molecule has 11 nitrogen and oxygen atoms in total. The SMILES string of the molecule is C=CCCC(=O)N[C@H](COC)[C@H](OC(=O)[C@@H]1[C@@H]2CC[C@]3(O2)[C@H](C(=O)N(CC=C)c2c(C)cccc2C)N([C@@H](CO)CC(C)C)C(=O)[C@@H]13)c1ccccc1. The molecule has 2 aromatic carbocycles. The van der Waals surface area contributed by atoms with Crippen LogP contribution in [0.4, 0.5) is 5.69 Å². The first-order valence-corrected chi connectivity index (χ1v) is 18.7. The Morgan fingerprint density at radius 2 is 1.79 bits per heavy atom. The first-order chi connectivity index (χ1) is 25.4. The summed E-state index contributed by atoms with van der Waals surface area (Å²) in [5, 5.41) is 13.7. The van der Waals surface area contributed by atoms with Crippen molar-refractivity contribution >= 4 is 29.4 Å². The molecular weight excluding hydrogens is 674 g/mol. The molecule has 3 aliphatic heterocycles. The molecule has 0 unspecified atom stereocenters. The van der Waals surface area contributed by atoms with Crippen molar-refractivity contribution in [1.29, 1.82) is 0 Å². The number of carbonyl (C=O) groups is 4. The summed E-state index contributed by atoms with van der Waals surface area (Å²) < 4.78 is 18.6. The van der Waals surface area contributed by atoms with Crippen LogP contribution in [0.15, 0.2) is 73.8 Å². The summed E-state index contributed by atoms with van der Waals surface area (Å²) in [5.74, 6) is -3.60. The smallest absolute Gasteiger partial charge is 0.313 e. The van der Waals surface area contributed by atoms with Gasteiger partial charge in [-0.25, -0.2) is 0 Å². The van der Waals surface area contributed by atoms with E-state index in [0.717, 1.165) is 16.8 Å². The number of hydrogen-bond donors (Lipinski definition) is 2. The summed E-state index contributed by atoms with van der Waals surface area (Å²) >= 11 is 0. The highest BCUT2D eigenvalue weighted by molar-refractivity contribution is 6.05. The molecular formula is C42H55N3O8. The Morgan fingerprint density at radius 1 is 1.09 bits per heavy atom. The summed E-state index contributed by atoms with van der Waals surface area (Å²) in [5.41, 5.74) is 1.82.